The van der Waals surface area contributed by atoms with E-state index in [4.69, 9.17) is 5.73 Å². The number of hydrogen-bond donors (Lipinski definition) is 2. The molecule has 0 spiro atoms. The fraction of sp³-hybridized carbons (Fsp3) is 0.562. The zero-order valence-electron chi connectivity index (χ0n) is 14.4. The number of carbonyl (C=O) groups is 1. The first kappa shape index (κ1) is 22.8. The van der Waals surface area contributed by atoms with E-state index in [9.17, 15) is 22.0 Å². The number of hydrogen-bond acceptors (Lipinski definition) is 4. The second-order valence-corrected chi connectivity index (χ2v) is 8.18. The lowest BCUT2D eigenvalue weighted by molar-refractivity contribution is -0.122. The standard InChI is InChI=1S/C16H23F2N3O3S.ClH/c1-11-2-4-13(5-3-11)14(19)15(22)20-10-12-6-8-21(9-7-12)25(23,24)16(17)18;/h2-5,12,14,16H,6-10,19H2,1H3,(H,20,22);1H. The molecule has 1 atom stereocenters. The minimum absolute atomic E-state index is 0. The van der Waals surface area contributed by atoms with E-state index >= 15 is 0 Å². The number of amides is 1. The van der Waals surface area contributed by atoms with E-state index in [1.165, 1.54) is 0 Å². The maximum Gasteiger partial charge on any atom is 0.350 e. The molecule has 0 aromatic heterocycles. The molecule has 10 heteroatoms. The molecule has 2 rings (SSSR count). The van der Waals surface area contributed by atoms with Gasteiger partial charge in [0.15, 0.2) is 0 Å². The highest BCUT2D eigenvalue weighted by Gasteiger charge is 2.34. The summed E-state index contributed by atoms with van der Waals surface area (Å²) in [5.74, 6) is -3.67. The summed E-state index contributed by atoms with van der Waals surface area (Å²) >= 11 is 0. The lowest BCUT2D eigenvalue weighted by Gasteiger charge is -2.31. The molecule has 1 amide bonds. The maximum atomic E-state index is 12.5. The van der Waals surface area contributed by atoms with Crippen LogP contribution in [0.4, 0.5) is 8.78 Å². The van der Waals surface area contributed by atoms with Gasteiger partial charge in [-0.15, -0.1) is 12.4 Å². The summed E-state index contributed by atoms with van der Waals surface area (Å²) in [7, 11) is -4.52. The number of aryl methyl sites for hydroxylation is 1. The maximum absolute atomic E-state index is 12.5. The van der Waals surface area contributed by atoms with E-state index in [0.717, 1.165) is 9.87 Å². The number of rotatable bonds is 6. The minimum Gasteiger partial charge on any atom is -0.354 e. The molecule has 26 heavy (non-hydrogen) atoms. The van der Waals surface area contributed by atoms with Gasteiger partial charge in [-0.2, -0.15) is 13.1 Å². The molecule has 1 aromatic rings. The zero-order chi connectivity index (χ0) is 18.6. The summed E-state index contributed by atoms with van der Waals surface area (Å²) in [6.45, 7) is 2.37. The van der Waals surface area contributed by atoms with E-state index in [-0.39, 0.29) is 37.3 Å². The average molecular weight is 412 g/mol. The van der Waals surface area contributed by atoms with Gasteiger partial charge in [0.1, 0.15) is 6.04 Å². The Morgan fingerprint density at radius 1 is 1.27 bits per heavy atom. The quantitative estimate of drug-likeness (QED) is 0.746. The SMILES string of the molecule is Cc1ccc(C(N)C(=O)NCC2CCN(S(=O)(=O)C(F)F)CC2)cc1.Cl. The normalized spacial score (nSPS) is 17.6. The Balaban J connectivity index is 0.00000338. The third-order valence-electron chi connectivity index (χ3n) is 4.44. The van der Waals surface area contributed by atoms with Gasteiger partial charge in [0, 0.05) is 19.6 Å². The monoisotopic (exact) mass is 411 g/mol. The Bertz CT molecular complexity index is 693. The van der Waals surface area contributed by atoms with Gasteiger partial charge >= 0.3 is 5.76 Å². The van der Waals surface area contributed by atoms with Crippen LogP contribution in [0.1, 0.15) is 30.0 Å². The summed E-state index contributed by atoms with van der Waals surface area (Å²) in [5.41, 5.74) is 7.71. The van der Waals surface area contributed by atoms with Gasteiger partial charge in [0.2, 0.25) is 5.91 Å². The molecule has 1 aliphatic heterocycles. The van der Waals surface area contributed by atoms with Crippen LogP contribution in [0.3, 0.4) is 0 Å². The summed E-state index contributed by atoms with van der Waals surface area (Å²) in [4.78, 5) is 12.1. The number of carbonyl (C=O) groups excluding carboxylic acids is 1. The number of halogens is 3. The van der Waals surface area contributed by atoms with Crippen molar-refractivity contribution in [3.8, 4) is 0 Å². The molecule has 1 aromatic carbocycles. The van der Waals surface area contributed by atoms with Gasteiger partial charge in [-0.1, -0.05) is 29.8 Å². The molecule has 0 saturated carbocycles. The first-order chi connectivity index (χ1) is 11.7. The predicted molar refractivity (Wildman–Crippen MR) is 97.6 cm³/mol. The fourth-order valence-electron chi connectivity index (χ4n) is 2.76. The van der Waals surface area contributed by atoms with Crippen molar-refractivity contribution in [3.05, 3.63) is 35.4 Å². The topological polar surface area (TPSA) is 92.5 Å². The average Bonchev–Trinajstić information content (AvgIpc) is 2.60. The van der Waals surface area contributed by atoms with E-state index in [1.807, 2.05) is 19.1 Å². The van der Waals surface area contributed by atoms with E-state index in [2.05, 4.69) is 5.32 Å². The van der Waals surface area contributed by atoms with E-state index in [0.29, 0.717) is 24.9 Å². The van der Waals surface area contributed by atoms with Crippen LogP contribution in [-0.2, 0) is 14.8 Å². The Kier molecular flexibility index (Phi) is 8.39. The lowest BCUT2D eigenvalue weighted by Crippen LogP contribution is -2.44. The van der Waals surface area contributed by atoms with E-state index < -0.39 is 21.8 Å². The van der Waals surface area contributed by atoms with Gasteiger partial charge in [-0.3, -0.25) is 4.79 Å². The Morgan fingerprint density at radius 2 is 1.81 bits per heavy atom. The van der Waals surface area contributed by atoms with Crippen molar-refractivity contribution < 1.29 is 22.0 Å². The van der Waals surface area contributed by atoms with Crippen LogP contribution in [0.5, 0.6) is 0 Å². The number of alkyl halides is 2. The Labute approximate surface area is 158 Å². The summed E-state index contributed by atoms with van der Waals surface area (Å²) in [6, 6.07) is 6.57. The molecular formula is C16H24ClF2N3O3S. The van der Waals surface area contributed by atoms with Crippen LogP contribution in [0.15, 0.2) is 24.3 Å². The minimum atomic E-state index is -4.52. The van der Waals surface area contributed by atoms with Gasteiger partial charge in [0.05, 0.1) is 0 Å². The summed E-state index contributed by atoms with van der Waals surface area (Å²) in [6.07, 6.45) is 0.845. The zero-order valence-corrected chi connectivity index (χ0v) is 16.0. The highest BCUT2D eigenvalue weighted by atomic mass is 35.5. The molecule has 1 unspecified atom stereocenters. The smallest absolute Gasteiger partial charge is 0.350 e. The van der Waals surface area contributed by atoms with Crippen LogP contribution in [0.25, 0.3) is 0 Å². The van der Waals surface area contributed by atoms with Crippen LogP contribution >= 0.6 is 12.4 Å². The van der Waals surface area contributed by atoms with Gasteiger partial charge in [-0.05, 0) is 31.2 Å². The largest absolute Gasteiger partial charge is 0.354 e. The van der Waals surface area contributed by atoms with Gasteiger partial charge in [0.25, 0.3) is 10.0 Å². The third-order valence-corrected chi connectivity index (χ3v) is 5.98. The van der Waals surface area contributed by atoms with Crippen LogP contribution in [0, 0.1) is 12.8 Å². The predicted octanol–water partition coefficient (Wildman–Crippen LogP) is 1.80. The molecule has 0 aliphatic carbocycles. The van der Waals surface area contributed by atoms with Crippen molar-refractivity contribution >= 4 is 28.3 Å². The molecule has 6 nitrogen and oxygen atoms in total. The van der Waals surface area contributed by atoms with Crippen LogP contribution in [0.2, 0.25) is 0 Å². The van der Waals surface area contributed by atoms with Crippen molar-refractivity contribution in [2.75, 3.05) is 19.6 Å². The second-order valence-electron chi connectivity index (χ2n) is 6.28. The van der Waals surface area contributed by atoms with Gasteiger partial charge in [-0.25, -0.2) is 8.42 Å². The van der Waals surface area contributed by atoms with Crippen molar-refractivity contribution in [1.29, 1.82) is 0 Å². The molecule has 0 radical (unpaired) electrons. The van der Waals surface area contributed by atoms with E-state index in [1.54, 1.807) is 12.1 Å². The lowest BCUT2D eigenvalue weighted by atomic mass is 9.98. The number of nitrogens with zero attached hydrogens (tertiary/aromatic N) is 1. The second kappa shape index (κ2) is 9.59. The fourth-order valence-corrected chi connectivity index (χ4v) is 3.71. The highest BCUT2D eigenvalue weighted by Crippen LogP contribution is 2.22. The van der Waals surface area contributed by atoms with Crippen molar-refractivity contribution in [2.24, 2.45) is 11.7 Å². The molecule has 1 fully saturated rings. The first-order valence-electron chi connectivity index (χ1n) is 8.08. The molecule has 3 N–H and O–H groups in total. The highest BCUT2D eigenvalue weighted by molar-refractivity contribution is 7.89. The molecule has 1 saturated heterocycles. The Hall–Kier alpha value is -1.29. The number of nitrogens with two attached hydrogens (primary N) is 1. The molecule has 0 bridgehead atoms. The van der Waals surface area contributed by atoms with Crippen molar-refractivity contribution in [3.63, 3.8) is 0 Å². The number of piperidine rings is 1. The first-order valence-corrected chi connectivity index (χ1v) is 9.59. The number of benzene rings is 1. The molecule has 1 heterocycles. The molecule has 1 aliphatic rings. The van der Waals surface area contributed by atoms with Crippen LogP contribution < -0.4 is 11.1 Å². The number of sulfonamides is 1. The van der Waals surface area contributed by atoms with Crippen molar-refractivity contribution in [1.82, 2.24) is 9.62 Å². The molecule has 148 valence electrons. The van der Waals surface area contributed by atoms with Crippen molar-refractivity contribution in [2.45, 2.75) is 31.6 Å². The number of nitrogens with one attached hydrogen (secondary N) is 1. The third kappa shape index (κ3) is 5.60. The Morgan fingerprint density at radius 3 is 2.31 bits per heavy atom. The van der Waals surface area contributed by atoms with Crippen LogP contribution in [-0.4, -0.2) is 44.0 Å². The molecular weight excluding hydrogens is 388 g/mol. The van der Waals surface area contributed by atoms with Gasteiger partial charge < -0.3 is 11.1 Å². The summed E-state index contributed by atoms with van der Waals surface area (Å²) in [5, 5.41) is 2.76. The summed E-state index contributed by atoms with van der Waals surface area (Å²) < 4.78 is 48.7.